The number of benzene rings is 1. The number of aryl methyl sites for hydroxylation is 1. The van der Waals surface area contributed by atoms with E-state index < -0.39 is 23.2 Å². The summed E-state index contributed by atoms with van der Waals surface area (Å²) in [5.41, 5.74) is 0.419. The number of hydrogen-bond donors (Lipinski definition) is 3. The highest BCUT2D eigenvalue weighted by Gasteiger charge is 2.37. The van der Waals surface area contributed by atoms with E-state index >= 15 is 0 Å². The lowest BCUT2D eigenvalue weighted by Gasteiger charge is -2.13. The number of pyridine rings is 1. The first kappa shape index (κ1) is 19.8. The lowest BCUT2D eigenvalue weighted by Crippen LogP contribution is -2.34. The monoisotopic (exact) mass is 387 g/mol. The maximum absolute atomic E-state index is 14.1. The third-order valence-electron chi connectivity index (χ3n) is 4.84. The summed E-state index contributed by atoms with van der Waals surface area (Å²) in [6.45, 7) is 1.68. The zero-order valence-corrected chi connectivity index (χ0v) is 15.7. The van der Waals surface area contributed by atoms with Crippen LogP contribution in [0.4, 0.5) is 4.39 Å². The third-order valence-corrected chi connectivity index (χ3v) is 4.84. The summed E-state index contributed by atoms with van der Waals surface area (Å²) in [4.78, 5) is 37.3. The number of nitrogens with one attached hydrogen (secondary N) is 2. The van der Waals surface area contributed by atoms with Crippen molar-refractivity contribution in [2.45, 2.75) is 25.9 Å². The number of aromatic nitrogens is 1. The van der Waals surface area contributed by atoms with Gasteiger partial charge in [0.2, 0.25) is 0 Å². The molecule has 1 saturated carbocycles. The van der Waals surface area contributed by atoms with Crippen LogP contribution in [0.1, 0.15) is 38.3 Å². The van der Waals surface area contributed by atoms with Crippen molar-refractivity contribution in [3.05, 3.63) is 68.9 Å². The van der Waals surface area contributed by atoms with Crippen LogP contribution < -0.4 is 16.2 Å². The van der Waals surface area contributed by atoms with Crippen molar-refractivity contribution >= 4 is 11.8 Å². The predicted octanol–water partition coefficient (Wildman–Crippen LogP) is 0.814. The van der Waals surface area contributed by atoms with Gasteiger partial charge in [-0.15, -0.1) is 0 Å². The van der Waals surface area contributed by atoms with E-state index in [0.29, 0.717) is 6.42 Å². The van der Waals surface area contributed by atoms with Crippen LogP contribution in [0.2, 0.25) is 0 Å². The van der Waals surface area contributed by atoms with E-state index in [4.69, 9.17) is 5.11 Å². The van der Waals surface area contributed by atoms with E-state index in [2.05, 4.69) is 10.6 Å². The van der Waals surface area contributed by atoms with E-state index in [0.717, 1.165) is 10.1 Å². The lowest BCUT2D eigenvalue weighted by molar-refractivity contribution is 0.0946. The molecule has 1 aliphatic carbocycles. The second-order valence-electron chi connectivity index (χ2n) is 7.01. The van der Waals surface area contributed by atoms with Gasteiger partial charge in [-0.05, 0) is 25.5 Å². The van der Waals surface area contributed by atoms with Crippen molar-refractivity contribution in [2.75, 3.05) is 13.7 Å². The minimum Gasteiger partial charge on any atom is -0.396 e. The normalized spacial score (nSPS) is 17.9. The summed E-state index contributed by atoms with van der Waals surface area (Å²) in [5, 5.41) is 14.3. The average Bonchev–Trinajstić information content (AvgIpc) is 3.43. The van der Waals surface area contributed by atoms with Gasteiger partial charge in [0.15, 0.2) is 0 Å². The quantitative estimate of drug-likeness (QED) is 0.683. The standard InChI is InChI=1S/C20H22FN3O4/c1-11-3-4-16(21)12(5-11)8-24-9-13(6-15(20(24)28)19(27)22-2)18(26)23-17-7-14(17)10-25/h3-6,9,14,17,25H,7-8,10H2,1-2H3,(H,22,27)(H,23,26)/t14-,17+/m1/s1. The smallest absolute Gasteiger partial charge is 0.263 e. The van der Waals surface area contributed by atoms with E-state index in [1.165, 1.54) is 25.4 Å². The molecule has 0 saturated heterocycles. The van der Waals surface area contributed by atoms with Crippen LogP contribution in [0.15, 0.2) is 35.3 Å². The number of aliphatic hydroxyl groups excluding tert-OH is 1. The zero-order chi connectivity index (χ0) is 20.4. The number of hydrogen-bond acceptors (Lipinski definition) is 4. The molecule has 3 rings (SSSR count). The number of amides is 2. The molecule has 0 spiro atoms. The largest absolute Gasteiger partial charge is 0.396 e. The summed E-state index contributed by atoms with van der Waals surface area (Å²) in [6.07, 6.45) is 2.00. The number of carbonyl (C=O) groups excluding carboxylic acids is 2. The maximum Gasteiger partial charge on any atom is 0.263 e. The molecule has 0 bridgehead atoms. The Kier molecular flexibility index (Phi) is 5.60. The van der Waals surface area contributed by atoms with Gasteiger partial charge in [-0.2, -0.15) is 0 Å². The first-order valence-corrected chi connectivity index (χ1v) is 8.97. The molecule has 1 aromatic carbocycles. The van der Waals surface area contributed by atoms with Crippen molar-refractivity contribution in [1.82, 2.24) is 15.2 Å². The van der Waals surface area contributed by atoms with E-state index in [9.17, 15) is 18.8 Å². The number of rotatable bonds is 6. The Morgan fingerprint density at radius 3 is 2.68 bits per heavy atom. The predicted molar refractivity (Wildman–Crippen MR) is 101 cm³/mol. The van der Waals surface area contributed by atoms with Crippen LogP contribution in [0.25, 0.3) is 0 Å². The molecule has 1 heterocycles. The second-order valence-corrected chi connectivity index (χ2v) is 7.01. The van der Waals surface area contributed by atoms with Crippen molar-refractivity contribution in [3.8, 4) is 0 Å². The fourth-order valence-electron chi connectivity index (χ4n) is 3.06. The van der Waals surface area contributed by atoms with E-state index in [1.54, 1.807) is 19.1 Å². The highest BCUT2D eigenvalue weighted by atomic mass is 19.1. The summed E-state index contributed by atoms with van der Waals surface area (Å²) in [5.74, 6) is -1.53. The van der Waals surface area contributed by atoms with Gasteiger partial charge < -0.3 is 20.3 Å². The van der Waals surface area contributed by atoms with Crippen molar-refractivity contribution < 1.29 is 19.1 Å². The molecule has 8 heteroatoms. The van der Waals surface area contributed by atoms with Crippen LogP contribution in [-0.4, -0.2) is 41.2 Å². The summed E-state index contributed by atoms with van der Waals surface area (Å²) in [7, 11) is 1.38. The average molecular weight is 387 g/mol. The second kappa shape index (κ2) is 7.93. The molecular weight excluding hydrogens is 365 g/mol. The summed E-state index contributed by atoms with van der Waals surface area (Å²) < 4.78 is 15.3. The highest BCUT2D eigenvalue weighted by molar-refractivity contribution is 5.99. The van der Waals surface area contributed by atoms with Crippen LogP contribution in [0, 0.1) is 18.7 Å². The number of halogens is 1. The molecule has 1 aromatic heterocycles. The molecule has 0 radical (unpaired) electrons. The maximum atomic E-state index is 14.1. The molecule has 2 amide bonds. The first-order chi connectivity index (χ1) is 13.3. The van der Waals surface area contributed by atoms with Gasteiger partial charge in [0.25, 0.3) is 17.4 Å². The van der Waals surface area contributed by atoms with Crippen LogP contribution in [0.3, 0.4) is 0 Å². The van der Waals surface area contributed by atoms with Crippen LogP contribution in [-0.2, 0) is 6.54 Å². The Bertz CT molecular complexity index is 986. The van der Waals surface area contributed by atoms with Crippen LogP contribution >= 0.6 is 0 Å². The van der Waals surface area contributed by atoms with Gasteiger partial charge in [0.1, 0.15) is 11.4 Å². The molecule has 28 heavy (non-hydrogen) atoms. The van der Waals surface area contributed by atoms with Gasteiger partial charge in [0.05, 0.1) is 12.1 Å². The Morgan fingerprint density at radius 1 is 1.29 bits per heavy atom. The third kappa shape index (κ3) is 4.12. The summed E-state index contributed by atoms with van der Waals surface area (Å²) >= 11 is 0. The fourth-order valence-corrected chi connectivity index (χ4v) is 3.06. The van der Waals surface area contributed by atoms with E-state index in [1.807, 2.05) is 0 Å². The Balaban J connectivity index is 1.98. The summed E-state index contributed by atoms with van der Waals surface area (Å²) in [6, 6.07) is 5.65. The lowest BCUT2D eigenvalue weighted by atomic mass is 10.1. The molecular formula is C20H22FN3O4. The zero-order valence-electron chi connectivity index (χ0n) is 15.7. The van der Waals surface area contributed by atoms with Crippen molar-refractivity contribution in [1.29, 1.82) is 0 Å². The topological polar surface area (TPSA) is 100 Å². The Morgan fingerprint density at radius 2 is 2.04 bits per heavy atom. The van der Waals surface area contributed by atoms with Gasteiger partial charge in [-0.1, -0.05) is 17.7 Å². The molecule has 0 unspecified atom stereocenters. The molecule has 1 fully saturated rings. The molecule has 3 N–H and O–H groups in total. The Labute approximate surface area is 161 Å². The van der Waals surface area contributed by atoms with Gasteiger partial charge in [0, 0.05) is 37.4 Å². The first-order valence-electron chi connectivity index (χ1n) is 8.97. The van der Waals surface area contributed by atoms with Crippen molar-refractivity contribution in [3.63, 3.8) is 0 Å². The molecule has 2 aromatic rings. The number of aliphatic hydroxyl groups is 1. The Hall–Kier alpha value is -3.00. The van der Waals surface area contributed by atoms with Crippen LogP contribution in [0.5, 0.6) is 0 Å². The molecule has 0 aliphatic heterocycles. The molecule has 1 aliphatic rings. The highest BCUT2D eigenvalue weighted by Crippen LogP contribution is 2.29. The van der Waals surface area contributed by atoms with Gasteiger partial charge in [-0.25, -0.2) is 4.39 Å². The minimum absolute atomic E-state index is 0.0133. The number of carbonyl (C=O) groups is 2. The minimum atomic E-state index is -0.627. The van der Waals surface area contributed by atoms with E-state index in [-0.39, 0.29) is 41.8 Å². The molecule has 7 nitrogen and oxygen atoms in total. The number of nitrogens with zero attached hydrogens (tertiary/aromatic N) is 1. The molecule has 2 atom stereocenters. The molecule has 148 valence electrons. The fraction of sp³-hybridized carbons (Fsp3) is 0.350. The van der Waals surface area contributed by atoms with Gasteiger partial charge >= 0.3 is 0 Å². The van der Waals surface area contributed by atoms with Crippen molar-refractivity contribution in [2.24, 2.45) is 5.92 Å². The SMILES string of the molecule is CNC(=O)c1cc(C(=O)N[C@H]2C[C@@H]2CO)cn(Cc2cc(C)ccc2F)c1=O. The van der Waals surface area contributed by atoms with Gasteiger partial charge in [-0.3, -0.25) is 14.4 Å².